The normalized spacial score (nSPS) is 15.5. The van der Waals surface area contributed by atoms with Gasteiger partial charge in [0.1, 0.15) is 11.8 Å². The number of aryl methyl sites for hydroxylation is 1. The third-order valence-electron chi connectivity index (χ3n) is 4.08. The summed E-state index contributed by atoms with van der Waals surface area (Å²) in [6.45, 7) is 3.77. The van der Waals surface area contributed by atoms with E-state index in [1.54, 1.807) is 12.4 Å². The van der Waals surface area contributed by atoms with E-state index >= 15 is 0 Å². The molecule has 6 nitrogen and oxygen atoms in total. The Morgan fingerprint density at radius 1 is 1.48 bits per heavy atom. The van der Waals surface area contributed by atoms with Crippen molar-refractivity contribution in [1.82, 2.24) is 9.97 Å². The lowest BCUT2D eigenvalue weighted by molar-refractivity contribution is -0.383. The number of anilines is 1. The van der Waals surface area contributed by atoms with Crippen molar-refractivity contribution in [3.8, 4) is 11.8 Å². The van der Waals surface area contributed by atoms with Crippen molar-refractivity contribution >= 4 is 38.3 Å². The molecule has 1 aliphatic heterocycles. The number of hydrogen-bond acceptors (Lipinski definition) is 3. The van der Waals surface area contributed by atoms with E-state index in [4.69, 9.17) is 0 Å². The molecule has 0 radical (unpaired) electrons. The van der Waals surface area contributed by atoms with Gasteiger partial charge in [0, 0.05) is 17.3 Å². The molecule has 2 aromatic rings. The van der Waals surface area contributed by atoms with Crippen molar-refractivity contribution in [3.05, 3.63) is 41.0 Å². The lowest BCUT2D eigenvalue weighted by Crippen LogP contribution is -2.64. The number of amides is 1. The fourth-order valence-corrected chi connectivity index (χ4v) is 2.90. The van der Waals surface area contributed by atoms with Gasteiger partial charge < -0.3 is 20.5 Å². The van der Waals surface area contributed by atoms with Crippen molar-refractivity contribution < 1.29 is 15.0 Å². The predicted molar refractivity (Wildman–Crippen MR) is 101 cm³/mol. The van der Waals surface area contributed by atoms with E-state index < -0.39 is 6.10 Å². The van der Waals surface area contributed by atoms with Crippen LogP contribution in [0.3, 0.4) is 0 Å². The second-order valence-corrected chi connectivity index (χ2v) is 6.07. The highest BCUT2D eigenvalue weighted by Crippen LogP contribution is 2.37. The number of hydrogen-bond donors (Lipinski definition) is 4. The molecule has 25 heavy (non-hydrogen) atoms. The van der Waals surface area contributed by atoms with Crippen LogP contribution in [0.2, 0.25) is 0 Å². The van der Waals surface area contributed by atoms with Gasteiger partial charge in [-0.3, -0.25) is 4.79 Å². The molecular formula is C18H20N4O2P+. The van der Waals surface area contributed by atoms with Crippen LogP contribution in [0.5, 0.6) is 0 Å². The van der Waals surface area contributed by atoms with E-state index in [2.05, 4.69) is 36.5 Å². The Hall–Kier alpha value is -2.45. The standard InChI is InChI=1S/C18H19N4O2P/c1-3-11(23)4-5-12-14(22-25)6-7-15-17(12)13(18(24)21-15)8-16-10(2)19-9-20-16/h6-9,11,22-23H,3,25H2,1-2H3,(H,19,20)(H,21,24)/p+1/b13-8-. The molecule has 5 N–H and O–H groups in total. The topological polar surface area (TPSA) is 94.6 Å². The van der Waals surface area contributed by atoms with E-state index in [-0.39, 0.29) is 5.91 Å². The summed E-state index contributed by atoms with van der Waals surface area (Å²) in [7, 11) is 2.56. The van der Waals surface area contributed by atoms with Crippen LogP contribution in [0.15, 0.2) is 18.5 Å². The fraction of sp³-hybridized carbons (Fsp3) is 0.222. The lowest BCUT2D eigenvalue weighted by atomic mass is 9.97. The van der Waals surface area contributed by atoms with E-state index in [0.29, 0.717) is 17.7 Å². The summed E-state index contributed by atoms with van der Waals surface area (Å²) in [6.07, 6.45) is 3.22. The highest BCUT2D eigenvalue weighted by Gasteiger charge is 2.29. The third-order valence-corrected chi connectivity index (χ3v) is 4.44. The Labute approximate surface area is 148 Å². The van der Waals surface area contributed by atoms with Crippen molar-refractivity contribution in [2.45, 2.75) is 26.4 Å². The maximum atomic E-state index is 12.5. The molecule has 0 spiro atoms. The van der Waals surface area contributed by atoms with Gasteiger partial charge in [0.2, 0.25) is 0 Å². The number of imidazole rings is 1. The Bertz CT molecular complexity index is 921. The average Bonchev–Trinajstić information content (AvgIpc) is 3.16. The molecule has 7 heteroatoms. The summed E-state index contributed by atoms with van der Waals surface area (Å²) in [4.78, 5) is 19.7. The van der Waals surface area contributed by atoms with Gasteiger partial charge in [0.05, 0.1) is 38.2 Å². The number of nitrogens with zero attached hydrogens (tertiary/aromatic N) is 1. The largest absolute Gasteiger partial charge is 0.380 e. The smallest absolute Gasteiger partial charge is 0.256 e. The number of quaternary nitrogens is 1. The van der Waals surface area contributed by atoms with Gasteiger partial charge in [-0.1, -0.05) is 18.8 Å². The number of H-pyrrole nitrogens is 1. The van der Waals surface area contributed by atoms with Crippen LogP contribution in [-0.4, -0.2) is 27.1 Å². The number of aromatic nitrogens is 2. The molecule has 0 saturated heterocycles. The molecule has 128 valence electrons. The second kappa shape index (κ2) is 7.20. The van der Waals surface area contributed by atoms with Crippen molar-refractivity contribution in [2.24, 2.45) is 0 Å². The number of nitrogens with two attached hydrogens (primary N) is 1. The number of aromatic amines is 1. The van der Waals surface area contributed by atoms with Gasteiger partial charge in [-0.2, -0.15) is 0 Å². The van der Waals surface area contributed by atoms with Crippen LogP contribution >= 0.6 is 9.39 Å². The Morgan fingerprint density at radius 2 is 2.28 bits per heavy atom. The van der Waals surface area contributed by atoms with E-state index in [0.717, 1.165) is 28.2 Å². The van der Waals surface area contributed by atoms with Crippen LogP contribution in [0.1, 0.15) is 35.9 Å². The Balaban J connectivity index is 2.20. The van der Waals surface area contributed by atoms with E-state index in [9.17, 15) is 9.90 Å². The molecule has 1 aromatic carbocycles. The minimum Gasteiger partial charge on any atom is -0.380 e. The van der Waals surface area contributed by atoms with Gasteiger partial charge in [-0.05, 0) is 25.5 Å². The number of benzene rings is 1. The summed E-state index contributed by atoms with van der Waals surface area (Å²) in [5, 5.41) is 14.5. The number of rotatable bonds is 3. The van der Waals surface area contributed by atoms with Gasteiger partial charge in [0.15, 0.2) is 0 Å². The number of aliphatic hydroxyl groups is 1. The molecule has 2 unspecified atom stereocenters. The molecule has 2 atom stereocenters. The Kier molecular flexibility index (Phi) is 5.00. The highest BCUT2D eigenvalue weighted by atomic mass is 31.0. The van der Waals surface area contributed by atoms with Crippen LogP contribution in [0.4, 0.5) is 11.4 Å². The molecule has 0 bridgehead atoms. The molecule has 0 fully saturated rings. The SMILES string of the molecule is CCC(O)C#Cc1c([NH2+]P)ccc2c1/C(=C/c1nc[nH]c1C)C(=O)N2. The Morgan fingerprint density at radius 3 is 2.92 bits per heavy atom. The summed E-state index contributed by atoms with van der Waals surface area (Å²) in [5.41, 5.74) is 5.20. The maximum absolute atomic E-state index is 12.5. The van der Waals surface area contributed by atoms with Crippen molar-refractivity contribution in [2.75, 3.05) is 5.32 Å². The van der Waals surface area contributed by atoms with Crippen molar-refractivity contribution in [3.63, 3.8) is 0 Å². The maximum Gasteiger partial charge on any atom is 0.256 e. The van der Waals surface area contributed by atoms with Crippen LogP contribution in [0, 0.1) is 18.8 Å². The zero-order valence-electron chi connectivity index (χ0n) is 14.1. The molecule has 0 aliphatic carbocycles. The van der Waals surface area contributed by atoms with Gasteiger partial charge in [0.25, 0.3) is 5.91 Å². The van der Waals surface area contributed by atoms with Gasteiger partial charge in [-0.25, -0.2) is 4.98 Å². The molecule has 1 aliphatic rings. The predicted octanol–water partition coefficient (Wildman–Crippen LogP) is 1.32. The van der Waals surface area contributed by atoms with E-state index in [1.807, 2.05) is 31.1 Å². The second-order valence-electron chi connectivity index (χ2n) is 5.74. The fourth-order valence-electron chi connectivity index (χ4n) is 2.63. The van der Waals surface area contributed by atoms with Crippen LogP contribution < -0.4 is 10.4 Å². The summed E-state index contributed by atoms with van der Waals surface area (Å²) < 4.78 is 0. The zero-order chi connectivity index (χ0) is 18.0. The number of fused-ring (bicyclic) bond motifs is 1. The molecule has 1 amide bonds. The zero-order valence-corrected chi connectivity index (χ0v) is 15.2. The number of nitrogens with one attached hydrogen (secondary N) is 2. The molecule has 2 heterocycles. The highest BCUT2D eigenvalue weighted by molar-refractivity contribution is 7.07. The quantitative estimate of drug-likeness (QED) is 0.289. The molecule has 1 aromatic heterocycles. The minimum atomic E-state index is -0.695. The van der Waals surface area contributed by atoms with E-state index in [1.165, 1.54) is 0 Å². The van der Waals surface area contributed by atoms with Crippen LogP contribution in [0.25, 0.3) is 11.6 Å². The van der Waals surface area contributed by atoms with Crippen LogP contribution in [-0.2, 0) is 4.79 Å². The van der Waals surface area contributed by atoms with Crippen molar-refractivity contribution in [1.29, 1.82) is 0 Å². The molecular weight excluding hydrogens is 335 g/mol. The van der Waals surface area contributed by atoms with Gasteiger partial charge in [-0.15, -0.1) is 0 Å². The summed E-state index contributed by atoms with van der Waals surface area (Å²) in [5.74, 6) is 5.72. The summed E-state index contributed by atoms with van der Waals surface area (Å²) >= 11 is 0. The first-order chi connectivity index (χ1) is 12.0. The third kappa shape index (κ3) is 3.35. The number of carbonyl (C=O) groups is 1. The molecule has 3 rings (SSSR count). The summed E-state index contributed by atoms with van der Waals surface area (Å²) in [6, 6.07) is 3.76. The number of aliphatic hydroxyl groups excluding tert-OH is 1. The van der Waals surface area contributed by atoms with Gasteiger partial charge >= 0.3 is 0 Å². The first-order valence-electron chi connectivity index (χ1n) is 8.00. The average molecular weight is 355 g/mol. The number of carbonyl (C=O) groups excluding carboxylic acids is 1. The monoisotopic (exact) mass is 355 g/mol. The molecule has 0 saturated carbocycles. The minimum absolute atomic E-state index is 0.183. The lowest BCUT2D eigenvalue weighted by Gasteiger charge is -2.06. The first-order valence-corrected chi connectivity index (χ1v) is 8.66. The first kappa shape index (κ1) is 17.4.